The van der Waals surface area contributed by atoms with Gasteiger partial charge in [0.05, 0.1) is 18.3 Å². The van der Waals surface area contributed by atoms with Crippen LogP contribution in [0.25, 0.3) is 0 Å². The standard InChI is InChI=1S/C10H18O2/c1-4-9-7(2)5-6-10(12-9)8(3)11/h5,8-11H,4,6H2,1-3H3/t8-,9+,10-/m0/s1. The minimum Gasteiger partial charge on any atom is -0.391 e. The molecule has 0 spiro atoms. The minimum atomic E-state index is -0.358. The van der Waals surface area contributed by atoms with Gasteiger partial charge in [-0.1, -0.05) is 13.0 Å². The Morgan fingerprint density at radius 3 is 2.92 bits per heavy atom. The maximum absolute atomic E-state index is 9.32. The van der Waals surface area contributed by atoms with Crippen molar-refractivity contribution in [2.75, 3.05) is 0 Å². The van der Waals surface area contributed by atoms with Gasteiger partial charge in [0, 0.05) is 0 Å². The number of hydrogen-bond acceptors (Lipinski definition) is 2. The molecular formula is C10H18O2. The van der Waals surface area contributed by atoms with Crippen LogP contribution in [0.2, 0.25) is 0 Å². The van der Waals surface area contributed by atoms with Crippen molar-refractivity contribution in [2.45, 2.75) is 51.9 Å². The van der Waals surface area contributed by atoms with Gasteiger partial charge in [-0.3, -0.25) is 0 Å². The fourth-order valence-corrected chi connectivity index (χ4v) is 1.54. The Morgan fingerprint density at radius 2 is 2.42 bits per heavy atom. The SMILES string of the molecule is CC[C@H]1O[C@H]([C@H](C)O)CC=C1C. The van der Waals surface area contributed by atoms with Crippen molar-refractivity contribution in [3.8, 4) is 0 Å². The van der Waals surface area contributed by atoms with E-state index in [4.69, 9.17) is 4.74 Å². The molecule has 1 heterocycles. The predicted octanol–water partition coefficient (Wildman–Crippen LogP) is 1.88. The zero-order chi connectivity index (χ0) is 9.14. The zero-order valence-corrected chi connectivity index (χ0v) is 8.08. The predicted molar refractivity (Wildman–Crippen MR) is 49.0 cm³/mol. The van der Waals surface area contributed by atoms with E-state index >= 15 is 0 Å². The summed E-state index contributed by atoms with van der Waals surface area (Å²) in [4.78, 5) is 0. The summed E-state index contributed by atoms with van der Waals surface area (Å²) in [6, 6.07) is 0. The van der Waals surface area contributed by atoms with E-state index in [1.54, 1.807) is 6.92 Å². The molecule has 2 heteroatoms. The van der Waals surface area contributed by atoms with Gasteiger partial charge >= 0.3 is 0 Å². The second-order valence-electron chi connectivity index (χ2n) is 3.50. The normalized spacial score (nSPS) is 32.8. The van der Waals surface area contributed by atoms with Crippen LogP contribution in [-0.2, 0) is 4.74 Å². The van der Waals surface area contributed by atoms with Gasteiger partial charge in [0.2, 0.25) is 0 Å². The highest BCUT2D eigenvalue weighted by atomic mass is 16.5. The molecule has 0 radical (unpaired) electrons. The fourth-order valence-electron chi connectivity index (χ4n) is 1.54. The quantitative estimate of drug-likeness (QED) is 0.641. The van der Waals surface area contributed by atoms with Crippen molar-refractivity contribution in [3.63, 3.8) is 0 Å². The first-order valence-corrected chi connectivity index (χ1v) is 4.65. The van der Waals surface area contributed by atoms with Crippen molar-refractivity contribution >= 4 is 0 Å². The van der Waals surface area contributed by atoms with Crippen molar-refractivity contribution < 1.29 is 9.84 Å². The first-order valence-electron chi connectivity index (χ1n) is 4.65. The zero-order valence-electron chi connectivity index (χ0n) is 8.08. The Labute approximate surface area is 74.2 Å². The van der Waals surface area contributed by atoms with Crippen LogP contribution in [0.3, 0.4) is 0 Å². The molecule has 1 rings (SSSR count). The fraction of sp³-hybridized carbons (Fsp3) is 0.800. The van der Waals surface area contributed by atoms with Gasteiger partial charge in [0.15, 0.2) is 0 Å². The molecule has 0 saturated carbocycles. The highest BCUT2D eigenvalue weighted by Gasteiger charge is 2.23. The topological polar surface area (TPSA) is 29.5 Å². The van der Waals surface area contributed by atoms with Crippen molar-refractivity contribution in [2.24, 2.45) is 0 Å². The second-order valence-corrected chi connectivity index (χ2v) is 3.50. The monoisotopic (exact) mass is 170 g/mol. The van der Waals surface area contributed by atoms with Crippen LogP contribution in [0.1, 0.15) is 33.6 Å². The van der Waals surface area contributed by atoms with E-state index in [2.05, 4.69) is 19.9 Å². The molecular weight excluding hydrogens is 152 g/mol. The Kier molecular flexibility index (Phi) is 3.29. The van der Waals surface area contributed by atoms with Crippen LogP contribution >= 0.6 is 0 Å². The number of aliphatic hydroxyl groups is 1. The molecule has 0 saturated heterocycles. The largest absolute Gasteiger partial charge is 0.391 e. The summed E-state index contributed by atoms with van der Waals surface area (Å²) >= 11 is 0. The first kappa shape index (κ1) is 9.75. The summed E-state index contributed by atoms with van der Waals surface area (Å²) in [6.45, 7) is 5.98. The van der Waals surface area contributed by atoms with E-state index in [1.165, 1.54) is 5.57 Å². The maximum Gasteiger partial charge on any atom is 0.0873 e. The molecule has 1 N–H and O–H groups in total. The van der Waals surface area contributed by atoms with E-state index in [1.807, 2.05) is 0 Å². The molecule has 1 aliphatic rings. The third kappa shape index (κ3) is 2.08. The van der Waals surface area contributed by atoms with Crippen LogP contribution in [0, 0.1) is 0 Å². The maximum atomic E-state index is 9.32. The van der Waals surface area contributed by atoms with Crippen LogP contribution in [0.5, 0.6) is 0 Å². The number of ether oxygens (including phenoxy) is 1. The van der Waals surface area contributed by atoms with E-state index < -0.39 is 0 Å². The van der Waals surface area contributed by atoms with E-state index in [9.17, 15) is 5.11 Å². The van der Waals surface area contributed by atoms with Crippen LogP contribution in [0.4, 0.5) is 0 Å². The average Bonchev–Trinajstić information content (AvgIpc) is 2.05. The molecule has 2 nitrogen and oxygen atoms in total. The summed E-state index contributed by atoms with van der Waals surface area (Å²) in [7, 11) is 0. The third-order valence-corrected chi connectivity index (χ3v) is 2.43. The lowest BCUT2D eigenvalue weighted by Gasteiger charge is -2.30. The molecule has 1 aliphatic heterocycles. The Hall–Kier alpha value is -0.340. The Morgan fingerprint density at radius 1 is 1.75 bits per heavy atom. The lowest BCUT2D eigenvalue weighted by molar-refractivity contribution is -0.0645. The highest BCUT2D eigenvalue weighted by Crippen LogP contribution is 2.22. The van der Waals surface area contributed by atoms with Gasteiger partial charge in [0.1, 0.15) is 0 Å². The smallest absolute Gasteiger partial charge is 0.0873 e. The van der Waals surface area contributed by atoms with Gasteiger partial charge in [-0.15, -0.1) is 0 Å². The molecule has 70 valence electrons. The molecule has 0 unspecified atom stereocenters. The summed E-state index contributed by atoms with van der Waals surface area (Å²) in [6.07, 6.45) is 3.88. The lowest BCUT2D eigenvalue weighted by Crippen LogP contribution is -2.34. The van der Waals surface area contributed by atoms with Gasteiger partial charge in [-0.25, -0.2) is 0 Å². The number of rotatable bonds is 2. The minimum absolute atomic E-state index is 0.00125. The average molecular weight is 170 g/mol. The van der Waals surface area contributed by atoms with Crippen LogP contribution in [-0.4, -0.2) is 23.4 Å². The van der Waals surface area contributed by atoms with Crippen LogP contribution in [0.15, 0.2) is 11.6 Å². The number of aliphatic hydroxyl groups excluding tert-OH is 1. The number of hydrogen-bond donors (Lipinski definition) is 1. The van der Waals surface area contributed by atoms with E-state index in [-0.39, 0.29) is 18.3 Å². The van der Waals surface area contributed by atoms with Crippen LogP contribution < -0.4 is 0 Å². The molecule has 0 aromatic rings. The molecule has 0 bridgehead atoms. The van der Waals surface area contributed by atoms with Crippen molar-refractivity contribution in [1.29, 1.82) is 0 Å². The lowest BCUT2D eigenvalue weighted by atomic mass is 10.0. The first-order chi connectivity index (χ1) is 5.65. The van der Waals surface area contributed by atoms with E-state index in [0.717, 1.165) is 12.8 Å². The molecule has 3 atom stereocenters. The van der Waals surface area contributed by atoms with E-state index in [0.29, 0.717) is 0 Å². The molecule has 0 aromatic heterocycles. The van der Waals surface area contributed by atoms with Gasteiger partial charge < -0.3 is 9.84 Å². The second kappa shape index (κ2) is 4.06. The summed E-state index contributed by atoms with van der Waals surface area (Å²) < 4.78 is 5.69. The molecule has 12 heavy (non-hydrogen) atoms. The molecule has 0 aromatic carbocycles. The van der Waals surface area contributed by atoms with Crippen molar-refractivity contribution in [1.82, 2.24) is 0 Å². The van der Waals surface area contributed by atoms with Gasteiger partial charge in [-0.2, -0.15) is 0 Å². The summed E-state index contributed by atoms with van der Waals surface area (Å²) in [5.41, 5.74) is 1.30. The van der Waals surface area contributed by atoms with Gasteiger partial charge in [-0.05, 0) is 32.3 Å². The van der Waals surface area contributed by atoms with Gasteiger partial charge in [0.25, 0.3) is 0 Å². The molecule has 0 amide bonds. The third-order valence-electron chi connectivity index (χ3n) is 2.43. The van der Waals surface area contributed by atoms with Crippen molar-refractivity contribution in [3.05, 3.63) is 11.6 Å². The summed E-state index contributed by atoms with van der Waals surface area (Å²) in [5.74, 6) is 0. The Bertz CT molecular complexity index is 173. The molecule has 0 fully saturated rings. The summed E-state index contributed by atoms with van der Waals surface area (Å²) in [5, 5.41) is 9.32. The highest BCUT2D eigenvalue weighted by molar-refractivity contribution is 5.09. The Balaban J connectivity index is 2.58. The molecule has 0 aliphatic carbocycles.